The second kappa shape index (κ2) is 5.45. The fourth-order valence-electron chi connectivity index (χ4n) is 1.38. The lowest BCUT2D eigenvalue weighted by atomic mass is 10.2. The molecule has 0 atom stereocenters. The van der Waals surface area contributed by atoms with Gasteiger partial charge in [-0.05, 0) is 27.6 Å². The number of benzene rings is 1. The van der Waals surface area contributed by atoms with Crippen molar-refractivity contribution in [3.8, 4) is 0 Å². The standard InChI is InChI=1S/C11H11BrN4OS/c12-10-6(2-1-3-7(10)13)5-18-11-15-8(14)4-9(17)16-11/h1-4H,5,13H2,(H3,14,15,16,17). The zero-order chi connectivity index (χ0) is 13.1. The number of anilines is 2. The average molecular weight is 327 g/mol. The summed E-state index contributed by atoms with van der Waals surface area (Å²) in [7, 11) is 0. The molecule has 0 aliphatic heterocycles. The topological polar surface area (TPSA) is 97.8 Å². The fraction of sp³-hybridized carbons (Fsp3) is 0.0909. The second-order valence-electron chi connectivity index (χ2n) is 3.58. The first-order valence-electron chi connectivity index (χ1n) is 5.09. The maximum Gasteiger partial charge on any atom is 0.253 e. The highest BCUT2D eigenvalue weighted by molar-refractivity contribution is 9.10. The number of aromatic nitrogens is 2. The van der Waals surface area contributed by atoms with Crippen LogP contribution in [-0.4, -0.2) is 9.97 Å². The summed E-state index contributed by atoms with van der Waals surface area (Å²) in [5, 5.41) is 0.495. The second-order valence-corrected chi connectivity index (χ2v) is 5.34. The van der Waals surface area contributed by atoms with Crippen molar-refractivity contribution >= 4 is 39.2 Å². The van der Waals surface area contributed by atoms with Gasteiger partial charge in [0.05, 0.1) is 0 Å². The lowest BCUT2D eigenvalue weighted by molar-refractivity contribution is 0.945. The van der Waals surface area contributed by atoms with Gasteiger partial charge in [-0.3, -0.25) is 4.79 Å². The van der Waals surface area contributed by atoms with Crippen LogP contribution < -0.4 is 17.0 Å². The fourth-order valence-corrected chi connectivity index (χ4v) is 2.84. The molecule has 0 bridgehead atoms. The van der Waals surface area contributed by atoms with Gasteiger partial charge in [-0.2, -0.15) is 0 Å². The van der Waals surface area contributed by atoms with E-state index in [0.29, 0.717) is 16.6 Å². The Hall–Kier alpha value is -1.47. The van der Waals surface area contributed by atoms with Gasteiger partial charge in [0.2, 0.25) is 0 Å². The largest absolute Gasteiger partial charge is 0.398 e. The zero-order valence-corrected chi connectivity index (χ0v) is 11.7. The number of nitrogens with one attached hydrogen (secondary N) is 1. The average Bonchev–Trinajstić information content (AvgIpc) is 2.30. The van der Waals surface area contributed by atoms with Crippen LogP contribution in [0.2, 0.25) is 0 Å². The number of H-pyrrole nitrogens is 1. The predicted molar refractivity (Wildman–Crippen MR) is 77.4 cm³/mol. The Bertz CT molecular complexity index is 629. The number of nitrogen functional groups attached to an aromatic ring is 2. The molecule has 0 fully saturated rings. The number of aromatic amines is 1. The van der Waals surface area contributed by atoms with Gasteiger partial charge in [-0.15, -0.1) is 0 Å². The molecule has 18 heavy (non-hydrogen) atoms. The molecule has 0 aliphatic rings. The van der Waals surface area contributed by atoms with Crippen molar-refractivity contribution in [2.75, 3.05) is 11.5 Å². The van der Waals surface area contributed by atoms with Gasteiger partial charge in [-0.1, -0.05) is 23.9 Å². The van der Waals surface area contributed by atoms with E-state index in [1.807, 2.05) is 18.2 Å². The maximum absolute atomic E-state index is 11.2. The maximum atomic E-state index is 11.2. The van der Waals surface area contributed by atoms with E-state index in [2.05, 4.69) is 25.9 Å². The van der Waals surface area contributed by atoms with Crippen LogP contribution in [0.4, 0.5) is 11.5 Å². The van der Waals surface area contributed by atoms with Gasteiger partial charge in [0.1, 0.15) is 5.82 Å². The molecule has 0 unspecified atom stereocenters. The number of hydrogen-bond donors (Lipinski definition) is 3. The lowest BCUT2D eigenvalue weighted by Crippen LogP contribution is -2.09. The summed E-state index contributed by atoms with van der Waals surface area (Å²) in [4.78, 5) is 17.9. The van der Waals surface area contributed by atoms with Gasteiger partial charge in [0, 0.05) is 22.0 Å². The van der Waals surface area contributed by atoms with Crippen LogP contribution in [0.25, 0.3) is 0 Å². The van der Waals surface area contributed by atoms with Gasteiger partial charge >= 0.3 is 0 Å². The molecule has 94 valence electrons. The third-order valence-corrected chi connectivity index (χ3v) is 4.10. The van der Waals surface area contributed by atoms with Crippen LogP contribution in [0, 0.1) is 0 Å². The molecule has 0 saturated carbocycles. The Morgan fingerprint density at radius 3 is 2.89 bits per heavy atom. The Kier molecular flexibility index (Phi) is 3.93. The van der Waals surface area contributed by atoms with Crippen molar-refractivity contribution < 1.29 is 0 Å². The van der Waals surface area contributed by atoms with E-state index < -0.39 is 0 Å². The van der Waals surface area contributed by atoms with Crippen molar-refractivity contribution in [3.63, 3.8) is 0 Å². The Labute approximate surface area is 116 Å². The van der Waals surface area contributed by atoms with E-state index in [-0.39, 0.29) is 11.4 Å². The molecule has 1 heterocycles. The number of nitrogens with zero attached hydrogens (tertiary/aromatic N) is 1. The molecule has 0 aliphatic carbocycles. The summed E-state index contributed by atoms with van der Waals surface area (Å²) in [5.74, 6) is 0.853. The highest BCUT2D eigenvalue weighted by Gasteiger charge is 2.05. The molecule has 0 amide bonds. The molecule has 0 radical (unpaired) electrons. The summed E-state index contributed by atoms with van der Waals surface area (Å²) in [6, 6.07) is 6.91. The predicted octanol–water partition coefficient (Wildman–Crippen LogP) is 1.99. The molecular formula is C11H11BrN4OS. The molecule has 2 aromatic rings. The van der Waals surface area contributed by atoms with Crippen molar-refractivity contribution in [1.29, 1.82) is 0 Å². The highest BCUT2D eigenvalue weighted by atomic mass is 79.9. The summed E-state index contributed by atoms with van der Waals surface area (Å²) < 4.78 is 0.865. The van der Waals surface area contributed by atoms with Crippen molar-refractivity contribution in [3.05, 3.63) is 44.7 Å². The minimum absolute atomic E-state index is 0.216. The van der Waals surface area contributed by atoms with Crippen LogP contribution in [0.1, 0.15) is 5.56 Å². The van der Waals surface area contributed by atoms with E-state index in [9.17, 15) is 4.79 Å². The third kappa shape index (κ3) is 3.05. The summed E-state index contributed by atoms with van der Waals surface area (Å²) >= 11 is 4.82. The molecule has 5 N–H and O–H groups in total. The van der Waals surface area contributed by atoms with E-state index in [0.717, 1.165) is 10.0 Å². The summed E-state index contributed by atoms with van der Waals surface area (Å²) in [6.45, 7) is 0. The van der Waals surface area contributed by atoms with Crippen LogP contribution in [0.3, 0.4) is 0 Å². The minimum Gasteiger partial charge on any atom is -0.398 e. The van der Waals surface area contributed by atoms with Crippen molar-refractivity contribution in [2.45, 2.75) is 10.9 Å². The van der Waals surface area contributed by atoms with Gasteiger partial charge < -0.3 is 16.5 Å². The van der Waals surface area contributed by atoms with Crippen LogP contribution in [0.15, 0.2) is 38.7 Å². The first-order valence-corrected chi connectivity index (χ1v) is 6.86. The molecule has 1 aromatic heterocycles. The third-order valence-electron chi connectivity index (χ3n) is 2.21. The minimum atomic E-state index is -0.253. The van der Waals surface area contributed by atoms with Crippen LogP contribution in [0.5, 0.6) is 0 Å². The number of hydrogen-bond acceptors (Lipinski definition) is 5. The molecule has 2 rings (SSSR count). The van der Waals surface area contributed by atoms with Crippen LogP contribution in [-0.2, 0) is 5.75 Å². The lowest BCUT2D eigenvalue weighted by Gasteiger charge is -2.06. The molecule has 5 nitrogen and oxygen atoms in total. The van der Waals surface area contributed by atoms with Gasteiger partial charge in [0.15, 0.2) is 5.16 Å². The van der Waals surface area contributed by atoms with E-state index in [1.54, 1.807) is 0 Å². The molecule has 0 spiro atoms. The van der Waals surface area contributed by atoms with Gasteiger partial charge in [-0.25, -0.2) is 4.98 Å². The smallest absolute Gasteiger partial charge is 0.253 e. The highest BCUT2D eigenvalue weighted by Crippen LogP contribution is 2.28. The van der Waals surface area contributed by atoms with E-state index in [1.165, 1.54) is 17.8 Å². The van der Waals surface area contributed by atoms with E-state index in [4.69, 9.17) is 11.5 Å². The Morgan fingerprint density at radius 1 is 1.39 bits per heavy atom. The zero-order valence-electron chi connectivity index (χ0n) is 9.31. The SMILES string of the molecule is Nc1cc(=O)[nH]c(SCc2cccc(N)c2Br)n1. The molecule has 7 heteroatoms. The molecular weight excluding hydrogens is 316 g/mol. The van der Waals surface area contributed by atoms with Crippen molar-refractivity contribution in [1.82, 2.24) is 9.97 Å². The Balaban J connectivity index is 2.16. The number of nitrogens with two attached hydrogens (primary N) is 2. The quantitative estimate of drug-likeness (QED) is 0.455. The first kappa shape index (κ1) is 13.0. The van der Waals surface area contributed by atoms with Crippen LogP contribution >= 0.6 is 27.7 Å². The van der Waals surface area contributed by atoms with Crippen molar-refractivity contribution in [2.24, 2.45) is 0 Å². The molecule has 0 saturated heterocycles. The Morgan fingerprint density at radius 2 is 2.17 bits per heavy atom. The summed E-state index contributed by atoms with van der Waals surface area (Å²) in [5.41, 5.74) is 12.8. The normalized spacial score (nSPS) is 10.5. The number of thioether (sulfide) groups is 1. The molecule has 1 aromatic carbocycles. The van der Waals surface area contributed by atoms with Gasteiger partial charge in [0.25, 0.3) is 5.56 Å². The monoisotopic (exact) mass is 326 g/mol. The number of rotatable bonds is 3. The number of halogens is 1. The first-order chi connectivity index (χ1) is 8.56. The van der Waals surface area contributed by atoms with E-state index >= 15 is 0 Å². The summed E-state index contributed by atoms with van der Waals surface area (Å²) in [6.07, 6.45) is 0.